The van der Waals surface area contributed by atoms with Crippen LogP contribution in [0.25, 0.3) is 0 Å². The average Bonchev–Trinajstić information content (AvgIpc) is 2.50. The molecule has 0 bridgehead atoms. The Balaban J connectivity index is 1.97. The number of nitrogens with one attached hydrogen (secondary N) is 1. The van der Waals surface area contributed by atoms with E-state index in [1.54, 1.807) is 30.6 Å². The van der Waals surface area contributed by atoms with Gasteiger partial charge in [0.05, 0.1) is 0 Å². The summed E-state index contributed by atoms with van der Waals surface area (Å²) in [6, 6.07) is 10.9. The molecular formula is C16H16BrN3O2. The molecular weight excluding hydrogens is 346 g/mol. The molecule has 0 unspecified atom stereocenters. The molecule has 0 aliphatic heterocycles. The molecule has 22 heavy (non-hydrogen) atoms. The number of anilines is 1. The van der Waals surface area contributed by atoms with Gasteiger partial charge in [0.15, 0.2) is 0 Å². The Labute approximate surface area is 137 Å². The Kier molecular flexibility index (Phi) is 5.66. The largest absolute Gasteiger partial charge is 0.329 e. The molecule has 2 amide bonds. The number of carbonyl (C=O) groups is 2. The highest BCUT2D eigenvalue weighted by Gasteiger charge is 2.14. The van der Waals surface area contributed by atoms with Crippen molar-refractivity contribution in [2.24, 2.45) is 0 Å². The molecule has 1 N–H and O–H groups in total. The van der Waals surface area contributed by atoms with Crippen LogP contribution in [0.2, 0.25) is 0 Å². The van der Waals surface area contributed by atoms with Gasteiger partial charge in [-0.3, -0.25) is 14.6 Å². The Hall–Kier alpha value is -2.21. The highest BCUT2D eigenvalue weighted by molar-refractivity contribution is 9.10. The summed E-state index contributed by atoms with van der Waals surface area (Å²) in [5.74, 6) is -0.392. The first-order valence-electron chi connectivity index (χ1n) is 6.74. The number of carbonyl (C=O) groups excluding carboxylic acids is 2. The van der Waals surface area contributed by atoms with Crippen molar-refractivity contribution in [2.75, 3.05) is 11.9 Å². The number of amides is 2. The van der Waals surface area contributed by atoms with Gasteiger partial charge in [0, 0.05) is 36.0 Å². The minimum atomic E-state index is -0.235. The number of hydrogen-bond donors (Lipinski definition) is 1. The van der Waals surface area contributed by atoms with Crippen LogP contribution >= 0.6 is 15.9 Å². The molecule has 2 aromatic rings. The number of hydrogen-bond acceptors (Lipinski definition) is 3. The van der Waals surface area contributed by atoms with E-state index in [2.05, 4.69) is 26.2 Å². The van der Waals surface area contributed by atoms with Crippen LogP contribution in [0.3, 0.4) is 0 Å². The Morgan fingerprint density at radius 3 is 2.55 bits per heavy atom. The van der Waals surface area contributed by atoms with Crippen LogP contribution in [0, 0.1) is 0 Å². The maximum atomic E-state index is 12.1. The average molecular weight is 362 g/mol. The lowest BCUT2D eigenvalue weighted by Crippen LogP contribution is -2.36. The van der Waals surface area contributed by atoms with Crippen molar-refractivity contribution in [3.8, 4) is 0 Å². The van der Waals surface area contributed by atoms with Crippen molar-refractivity contribution in [2.45, 2.75) is 13.5 Å². The van der Waals surface area contributed by atoms with Gasteiger partial charge in [0.1, 0.15) is 6.54 Å². The van der Waals surface area contributed by atoms with Crippen molar-refractivity contribution >= 4 is 33.4 Å². The second kappa shape index (κ2) is 7.70. The third-order valence-corrected chi connectivity index (χ3v) is 3.53. The summed E-state index contributed by atoms with van der Waals surface area (Å²) in [6.45, 7) is 1.81. The molecule has 5 nitrogen and oxygen atoms in total. The van der Waals surface area contributed by atoms with Gasteiger partial charge in [0.2, 0.25) is 11.8 Å². The summed E-state index contributed by atoms with van der Waals surface area (Å²) >= 11 is 3.34. The maximum Gasteiger partial charge on any atom is 0.244 e. The molecule has 114 valence electrons. The molecule has 0 fully saturated rings. The number of nitrogens with zero attached hydrogens (tertiary/aromatic N) is 2. The Morgan fingerprint density at radius 2 is 1.95 bits per heavy atom. The highest BCUT2D eigenvalue weighted by Crippen LogP contribution is 2.14. The lowest BCUT2D eigenvalue weighted by molar-refractivity contribution is -0.133. The molecule has 2 rings (SSSR count). The summed E-state index contributed by atoms with van der Waals surface area (Å²) in [5, 5.41) is 2.77. The molecule has 0 saturated carbocycles. The molecule has 0 spiro atoms. The van der Waals surface area contributed by atoms with Crippen molar-refractivity contribution in [3.05, 3.63) is 58.8 Å². The van der Waals surface area contributed by atoms with Gasteiger partial charge in [-0.2, -0.15) is 0 Å². The van der Waals surface area contributed by atoms with Crippen molar-refractivity contribution < 1.29 is 9.59 Å². The zero-order chi connectivity index (χ0) is 15.9. The smallest absolute Gasteiger partial charge is 0.244 e. The number of pyridine rings is 1. The van der Waals surface area contributed by atoms with Crippen molar-refractivity contribution in [1.82, 2.24) is 9.88 Å². The quantitative estimate of drug-likeness (QED) is 0.890. The van der Waals surface area contributed by atoms with E-state index in [0.29, 0.717) is 12.2 Å². The summed E-state index contributed by atoms with van der Waals surface area (Å²) < 4.78 is 0.937. The molecule has 0 aliphatic rings. The number of benzene rings is 1. The molecule has 1 aromatic heterocycles. The van der Waals surface area contributed by atoms with Crippen LogP contribution in [0.4, 0.5) is 5.69 Å². The van der Waals surface area contributed by atoms with Gasteiger partial charge < -0.3 is 10.2 Å². The van der Waals surface area contributed by atoms with Gasteiger partial charge in [0.25, 0.3) is 0 Å². The lowest BCUT2D eigenvalue weighted by Gasteiger charge is -2.20. The maximum absolute atomic E-state index is 12.1. The Bertz CT molecular complexity index is 644. The molecule has 1 aromatic carbocycles. The topological polar surface area (TPSA) is 62.3 Å². The summed E-state index contributed by atoms with van der Waals surface area (Å²) in [6.07, 6.45) is 3.35. The second-order valence-electron chi connectivity index (χ2n) is 4.79. The van der Waals surface area contributed by atoms with Gasteiger partial charge in [-0.15, -0.1) is 0 Å². The van der Waals surface area contributed by atoms with E-state index in [9.17, 15) is 9.59 Å². The van der Waals surface area contributed by atoms with E-state index < -0.39 is 0 Å². The third kappa shape index (κ3) is 4.96. The minimum absolute atomic E-state index is 0.000289. The van der Waals surface area contributed by atoms with Crippen molar-refractivity contribution in [1.29, 1.82) is 0 Å². The van der Waals surface area contributed by atoms with E-state index >= 15 is 0 Å². The van der Waals surface area contributed by atoms with E-state index in [1.807, 2.05) is 18.2 Å². The summed E-state index contributed by atoms with van der Waals surface area (Å²) in [7, 11) is 0. The summed E-state index contributed by atoms with van der Waals surface area (Å²) in [5.41, 5.74) is 1.58. The van der Waals surface area contributed by atoms with Crippen molar-refractivity contribution in [3.63, 3.8) is 0 Å². The molecule has 6 heteroatoms. The lowest BCUT2D eigenvalue weighted by atomic mass is 10.2. The van der Waals surface area contributed by atoms with Crippen LogP contribution in [0.5, 0.6) is 0 Å². The fourth-order valence-electron chi connectivity index (χ4n) is 1.90. The molecule has 1 heterocycles. The zero-order valence-electron chi connectivity index (χ0n) is 12.1. The first-order chi connectivity index (χ1) is 10.5. The zero-order valence-corrected chi connectivity index (χ0v) is 13.7. The number of halogens is 1. The van der Waals surface area contributed by atoms with Crippen LogP contribution < -0.4 is 5.32 Å². The van der Waals surface area contributed by atoms with E-state index in [4.69, 9.17) is 0 Å². The fraction of sp³-hybridized carbons (Fsp3) is 0.188. The standard InChI is InChI=1S/C16H16BrN3O2/c1-12(21)20(10-13-3-2-8-18-9-13)11-16(22)19-15-6-4-14(17)5-7-15/h2-9H,10-11H2,1H3,(H,19,22). The minimum Gasteiger partial charge on any atom is -0.329 e. The van der Waals surface area contributed by atoms with Crippen LogP contribution in [0.1, 0.15) is 12.5 Å². The van der Waals surface area contributed by atoms with Gasteiger partial charge in [-0.1, -0.05) is 22.0 Å². The van der Waals surface area contributed by atoms with Gasteiger partial charge in [-0.25, -0.2) is 0 Å². The summed E-state index contributed by atoms with van der Waals surface area (Å²) in [4.78, 5) is 29.3. The molecule has 0 atom stereocenters. The predicted octanol–water partition coefficient (Wildman–Crippen LogP) is 2.83. The number of rotatable bonds is 5. The fourth-order valence-corrected chi connectivity index (χ4v) is 2.16. The molecule has 0 saturated heterocycles. The van der Waals surface area contributed by atoms with Gasteiger partial charge >= 0.3 is 0 Å². The first-order valence-corrected chi connectivity index (χ1v) is 7.54. The number of aromatic nitrogens is 1. The van der Waals surface area contributed by atoms with E-state index in [1.165, 1.54) is 11.8 Å². The third-order valence-electron chi connectivity index (χ3n) is 3.00. The van der Waals surface area contributed by atoms with E-state index in [0.717, 1.165) is 10.0 Å². The Morgan fingerprint density at radius 1 is 1.23 bits per heavy atom. The molecule has 0 radical (unpaired) electrons. The van der Waals surface area contributed by atoms with Gasteiger partial charge in [-0.05, 0) is 35.9 Å². The SMILES string of the molecule is CC(=O)N(CC(=O)Nc1ccc(Br)cc1)Cc1cccnc1. The predicted molar refractivity (Wildman–Crippen MR) is 88.1 cm³/mol. The first kappa shape index (κ1) is 16.2. The van der Waals surface area contributed by atoms with E-state index in [-0.39, 0.29) is 18.4 Å². The molecule has 0 aliphatic carbocycles. The highest BCUT2D eigenvalue weighted by atomic mass is 79.9. The normalized spacial score (nSPS) is 10.1. The monoisotopic (exact) mass is 361 g/mol. The van der Waals surface area contributed by atoms with Crippen LogP contribution in [0.15, 0.2) is 53.3 Å². The van der Waals surface area contributed by atoms with Crippen LogP contribution in [-0.4, -0.2) is 28.2 Å². The van der Waals surface area contributed by atoms with Crippen LogP contribution in [-0.2, 0) is 16.1 Å². The second-order valence-corrected chi connectivity index (χ2v) is 5.71.